The van der Waals surface area contributed by atoms with Gasteiger partial charge in [-0.3, -0.25) is 4.79 Å². The van der Waals surface area contributed by atoms with Crippen molar-refractivity contribution in [1.82, 2.24) is 14.3 Å². The lowest BCUT2D eigenvalue weighted by molar-refractivity contribution is 0.0718. The molecule has 0 atom stereocenters. The molecule has 0 spiro atoms. The Kier molecular flexibility index (Phi) is 3.58. The number of thiazole rings is 1. The number of carbonyl (C=O) groups is 1. The number of aromatic nitrogens is 3. The number of hydrogen-bond acceptors (Lipinski definition) is 5. The Balaban J connectivity index is 2.03. The first-order chi connectivity index (χ1) is 10.5. The molecule has 3 aromatic rings. The minimum Gasteiger partial charge on any atom is -0.404 e. The van der Waals surface area contributed by atoms with Gasteiger partial charge in [0.15, 0.2) is 0 Å². The van der Waals surface area contributed by atoms with E-state index < -0.39 is 5.97 Å². The van der Waals surface area contributed by atoms with Gasteiger partial charge in [-0.1, -0.05) is 11.3 Å². The van der Waals surface area contributed by atoms with E-state index in [4.69, 9.17) is 4.74 Å². The quantitative estimate of drug-likeness (QED) is 0.696. The molecule has 2 aromatic heterocycles. The average Bonchev–Trinajstić information content (AvgIpc) is 3.04. The van der Waals surface area contributed by atoms with Crippen LogP contribution in [0.25, 0.3) is 10.2 Å². The number of aryl methyl sites for hydroxylation is 3. The molecule has 0 saturated heterocycles. The number of fused-ring (bicyclic) bond motifs is 1. The smallest absolute Gasteiger partial charge is 0.345 e. The molecule has 0 fully saturated rings. The minimum absolute atomic E-state index is 0.0484. The van der Waals surface area contributed by atoms with E-state index in [-0.39, 0.29) is 4.87 Å². The number of carbonyl (C=O) groups excluding carboxylic acids is 1. The summed E-state index contributed by atoms with van der Waals surface area (Å²) >= 11 is 1.17. The molecule has 0 aliphatic carbocycles. The summed E-state index contributed by atoms with van der Waals surface area (Å²) in [5.74, 6) is -0.0422. The SMILES string of the molecule is CCn1nccc1OC(=O)c1ccc2sc(=O)n(C)c2c1C. The third kappa shape index (κ3) is 2.23. The van der Waals surface area contributed by atoms with Gasteiger partial charge < -0.3 is 9.30 Å². The molecular weight excluding hydrogens is 302 g/mol. The van der Waals surface area contributed by atoms with Crippen LogP contribution in [0.3, 0.4) is 0 Å². The number of ether oxygens (including phenoxy) is 1. The molecular formula is C15H15N3O3S. The van der Waals surface area contributed by atoms with Gasteiger partial charge >= 0.3 is 10.8 Å². The predicted molar refractivity (Wildman–Crippen MR) is 84.7 cm³/mol. The normalized spacial score (nSPS) is 11.0. The summed E-state index contributed by atoms with van der Waals surface area (Å²) in [6.45, 7) is 4.36. The second-order valence-corrected chi connectivity index (χ2v) is 5.88. The summed E-state index contributed by atoms with van der Waals surface area (Å²) in [7, 11) is 1.70. The first-order valence-corrected chi connectivity index (χ1v) is 7.67. The highest BCUT2D eigenvalue weighted by Gasteiger charge is 2.18. The number of rotatable bonds is 3. The first kappa shape index (κ1) is 14.5. The van der Waals surface area contributed by atoms with E-state index in [1.165, 1.54) is 11.3 Å². The average molecular weight is 317 g/mol. The van der Waals surface area contributed by atoms with Crippen LogP contribution in [0.5, 0.6) is 5.88 Å². The molecule has 6 nitrogen and oxygen atoms in total. The van der Waals surface area contributed by atoms with Crippen LogP contribution in [-0.2, 0) is 13.6 Å². The fourth-order valence-electron chi connectivity index (χ4n) is 2.44. The fourth-order valence-corrected chi connectivity index (χ4v) is 3.38. The molecule has 3 rings (SSSR count). The fraction of sp³-hybridized carbons (Fsp3) is 0.267. The van der Waals surface area contributed by atoms with Crippen LogP contribution in [0.1, 0.15) is 22.8 Å². The van der Waals surface area contributed by atoms with E-state index >= 15 is 0 Å². The topological polar surface area (TPSA) is 66.1 Å². The molecule has 114 valence electrons. The first-order valence-electron chi connectivity index (χ1n) is 6.86. The van der Waals surface area contributed by atoms with Crippen molar-refractivity contribution in [2.45, 2.75) is 20.4 Å². The summed E-state index contributed by atoms with van der Waals surface area (Å²) in [4.78, 5) is 24.1. The third-order valence-corrected chi connectivity index (χ3v) is 4.59. The lowest BCUT2D eigenvalue weighted by Crippen LogP contribution is -2.14. The van der Waals surface area contributed by atoms with E-state index in [0.29, 0.717) is 18.0 Å². The van der Waals surface area contributed by atoms with Crippen molar-refractivity contribution >= 4 is 27.5 Å². The van der Waals surface area contributed by atoms with Crippen LogP contribution in [0, 0.1) is 6.92 Å². The van der Waals surface area contributed by atoms with Crippen molar-refractivity contribution in [3.63, 3.8) is 0 Å². The van der Waals surface area contributed by atoms with Gasteiger partial charge in [0.2, 0.25) is 5.88 Å². The Morgan fingerprint density at radius 1 is 1.36 bits per heavy atom. The number of hydrogen-bond donors (Lipinski definition) is 0. The van der Waals surface area contributed by atoms with Crippen LogP contribution in [-0.4, -0.2) is 20.3 Å². The van der Waals surface area contributed by atoms with Crippen molar-refractivity contribution in [1.29, 1.82) is 0 Å². The monoisotopic (exact) mass is 317 g/mol. The molecule has 0 radical (unpaired) electrons. The molecule has 0 aliphatic heterocycles. The molecule has 7 heteroatoms. The molecule has 0 N–H and O–H groups in total. The van der Waals surface area contributed by atoms with Crippen LogP contribution in [0.4, 0.5) is 0 Å². The summed E-state index contributed by atoms with van der Waals surface area (Å²) in [5, 5.41) is 4.07. The maximum absolute atomic E-state index is 12.4. The third-order valence-electron chi connectivity index (χ3n) is 3.59. The van der Waals surface area contributed by atoms with Crippen LogP contribution < -0.4 is 9.61 Å². The van der Waals surface area contributed by atoms with Crippen LogP contribution >= 0.6 is 11.3 Å². The minimum atomic E-state index is -0.451. The van der Waals surface area contributed by atoms with E-state index in [9.17, 15) is 9.59 Å². The summed E-state index contributed by atoms with van der Waals surface area (Å²) in [5.41, 5.74) is 1.96. The Morgan fingerprint density at radius 2 is 2.14 bits per heavy atom. The molecule has 0 saturated carbocycles. The summed E-state index contributed by atoms with van der Waals surface area (Å²) in [6.07, 6.45) is 1.59. The Labute approximate surface area is 130 Å². The highest BCUT2D eigenvalue weighted by Crippen LogP contribution is 2.24. The molecule has 22 heavy (non-hydrogen) atoms. The van der Waals surface area contributed by atoms with Crippen LogP contribution in [0.15, 0.2) is 29.2 Å². The van der Waals surface area contributed by atoms with Gasteiger partial charge in [0, 0.05) is 19.7 Å². The van der Waals surface area contributed by atoms with Crippen LogP contribution in [0.2, 0.25) is 0 Å². The van der Waals surface area contributed by atoms with Crippen molar-refractivity contribution < 1.29 is 9.53 Å². The lowest BCUT2D eigenvalue weighted by atomic mass is 10.1. The van der Waals surface area contributed by atoms with Gasteiger partial charge in [-0.2, -0.15) is 5.10 Å². The molecule has 0 amide bonds. The second kappa shape index (κ2) is 5.42. The lowest BCUT2D eigenvalue weighted by Gasteiger charge is -2.09. The molecule has 0 bridgehead atoms. The maximum atomic E-state index is 12.4. The van der Waals surface area contributed by atoms with Crippen molar-refractivity contribution in [2.75, 3.05) is 0 Å². The van der Waals surface area contributed by atoms with Gasteiger partial charge in [0.1, 0.15) is 0 Å². The molecule has 0 unspecified atom stereocenters. The van der Waals surface area contributed by atoms with E-state index in [0.717, 1.165) is 15.8 Å². The zero-order chi connectivity index (χ0) is 15.9. The Morgan fingerprint density at radius 3 is 2.86 bits per heavy atom. The van der Waals surface area contributed by atoms with Crippen molar-refractivity contribution in [2.24, 2.45) is 7.05 Å². The number of benzene rings is 1. The predicted octanol–water partition coefficient (Wildman–Crippen LogP) is 2.34. The van der Waals surface area contributed by atoms with Gasteiger partial charge in [-0.15, -0.1) is 0 Å². The van der Waals surface area contributed by atoms with Gasteiger partial charge in [0.25, 0.3) is 0 Å². The highest BCUT2D eigenvalue weighted by molar-refractivity contribution is 7.16. The van der Waals surface area contributed by atoms with Crippen molar-refractivity contribution in [3.8, 4) is 5.88 Å². The maximum Gasteiger partial charge on any atom is 0.345 e. The van der Waals surface area contributed by atoms with Gasteiger partial charge in [-0.25, -0.2) is 9.48 Å². The molecule has 2 heterocycles. The largest absolute Gasteiger partial charge is 0.404 e. The van der Waals surface area contributed by atoms with Gasteiger partial charge in [0.05, 0.1) is 22.0 Å². The summed E-state index contributed by atoms with van der Waals surface area (Å²) < 4.78 is 9.44. The standard InChI is InChI=1S/C15H15N3O3S/c1-4-18-12(7-8-16-18)21-14(19)10-5-6-11-13(9(10)2)17(3)15(20)22-11/h5-8H,4H2,1-3H3. The van der Waals surface area contributed by atoms with E-state index in [1.54, 1.807) is 40.7 Å². The zero-order valence-corrected chi connectivity index (χ0v) is 13.3. The molecule has 0 aliphatic rings. The Hall–Kier alpha value is -2.41. The number of nitrogens with zero attached hydrogens (tertiary/aromatic N) is 3. The van der Waals surface area contributed by atoms with Crippen molar-refractivity contribution in [3.05, 3.63) is 45.2 Å². The number of esters is 1. The summed E-state index contributed by atoms with van der Waals surface area (Å²) in [6, 6.07) is 5.13. The Bertz CT molecular complexity index is 920. The van der Waals surface area contributed by atoms with E-state index in [2.05, 4.69) is 5.10 Å². The highest BCUT2D eigenvalue weighted by atomic mass is 32.1. The van der Waals surface area contributed by atoms with E-state index in [1.807, 2.05) is 13.8 Å². The van der Waals surface area contributed by atoms with Gasteiger partial charge in [-0.05, 0) is 31.5 Å². The second-order valence-electron chi connectivity index (χ2n) is 4.89. The zero-order valence-electron chi connectivity index (χ0n) is 12.5. The molecule has 1 aromatic carbocycles.